The lowest BCUT2D eigenvalue weighted by Crippen LogP contribution is -2.03. The quantitative estimate of drug-likeness (QED) is 0.824. The third-order valence-corrected chi connectivity index (χ3v) is 2.46. The van der Waals surface area contributed by atoms with E-state index in [-0.39, 0.29) is 0 Å². The average molecular weight is 204 g/mol. The number of fused-ring (bicyclic) bond motifs is 1. The Labute approximate surface area is 89.1 Å². The molecule has 0 saturated carbocycles. The third kappa shape index (κ3) is 1.85. The first-order chi connectivity index (χ1) is 7.22. The maximum atomic E-state index is 5.52. The van der Waals surface area contributed by atoms with Crippen molar-refractivity contribution in [1.29, 1.82) is 0 Å². The van der Waals surface area contributed by atoms with E-state index >= 15 is 0 Å². The molecule has 0 aliphatic heterocycles. The Hall–Kier alpha value is -1.42. The molecule has 0 atom stereocenters. The molecule has 15 heavy (non-hydrogen) atoms. The summed E-state index contributed by atoms with van der Waals surface area (Å²) >= 11 is 0. The van der Waals surface area contributed by atoms with Gasteiger partial charge in [-0.1, -0.05) is 11.3 Å². The highest BCUT2D eigenvalue weighted by Gasteiger charge is 2.07. The van der Waals surface area contributed by atoms with Crippen LogP contribution >= 0.6 is 0 Å². The molecule has 2 aromatic rings. The van der Waals surface area contributed by atoms with Gasteiger partial charge in [-0.15, -0.1) is 5.10 Å². The van der Waals surface area contributed by atoms with Crippen LogP contribution < -0.4 is 5.73 Å². The van der Waals surface area contributed by atoms with Gasteiger partial charge in [0.25, 0.3) is 0 Å². The molecular weight excluding hydrogens is 188 g/mol. The molecule has 0 bridgehead atoms. The monoisotopic (exact) mass is 204 g/mol. The normalized spacial score (nSPS) is 11.5. The molecule has 0 unspecified atom stereocenters. The molecule has 0 spiro atoms. The molecule has 1 aromatic carbocycles. The lowest BCUT2D eigenvalue weighted by molar-refractivity contribution is 0.530. The van der Waals surface area contributed by atoms with E-state index in [1.807, 2.05) is 4.68 Å². The topological polar surface area (TPSA) is 56.7 Å². The van der Waals surface area contributed by atoms with Crippen molar-refractivity contribution in [2.24, 2.45) is 5.73 Å². The maximum Gasteiger partial charge on any atom is 0.113 e. The van der Waals surface area contributed by atoms with Crippen molar-refractivity contribution in [2.75, 3.05) is 6.54 Å². The van der Waals surface area contributed by atoms with Crippen LogP contribution in [0.4, 0.5) is 0 Å². The SMILES string of the molecule is CC(C)n1nnc2cc(CCN)ccc21. The molecule has 0 aliphatic carbocycles. The van der Waals surface area contributed by atoms with Gasteiger partial charge in [0, 0.05) is 6.04 Å². The largest absolute Gasteiger partial charge is 0.330 e. The van der Waals surface area contributed by atoms with E-state index in [1.165, 1.54) is 5.56 Å². The second-order valence-electron chi connectivity index (χ2n) is 3.99. The van der Waals surface area contributed by atoms with Crippen LogP contribution in [0.1, 0.15) is 25.5 Å². The second-order valence-corrected chi connectivity index (χ2v) is 3.99. The molecule has 80 valence electrons. The highest BCUT2D eigenvalue weighted by Crippen LogP contribution is 2.16. The number of rotatable bonds is 3. The Morgan fingerprint density at radius 2 is 2.20 bits per heavy atom. The molecule has 1 heterocycles. The summed E-state index contributed by atoms with van der Waals surface area (Å²) < 4.78 is 1.93. The standard InChI is InChI=1S/C11H16N4/c1-8(2)15-11-4-3-9(5-6-12)7-10(11)13-14-15/h3-4,7-8H,5-6,12H2,1-2H3. The predicted molar refractivity (Wildman–Crippen MR) is 60.7 cm³/mol. The van der Waals surface area contributed by atoms with E-state index in [9.17, 15) is 0 Å². The molecule has 4 nitrogen and oxygen atoms in total. The number of nitrogens with two attached hydrogens (primary N) is 1. The molecule has 0 amide bonds. The number of nitrogens with zero attached hydrogens (tertiary/aromatic N) is 3. The first-order valence-electron chi connectivity index (χ1n) is 5.26. The summed E-state index contributed by atoms with van der Waals surface area (Å²) in [4.78, 5) is 0. The lowest BCUT2D eigenvalue weighted by atomic mass is 10.1. The van der Waals surface area contributed by atoms with Gasteiger partial charge in [-0.25, -0.2) is 4.68 Å². The maximum absolute atomic E-state index is 5.52. The van der Waals surface area contributed by atoms with Gasteiger partial charge in [0.05, 0.1) is 5.52 Å². The molecule has 2 N–H and O–H groups in total. The van der Waals surface area contributed by atoms with Gasteiger partial charge < -0.3 is 5.73 Å². The molecule has 0 aliphatic rings. The fraction of sp³-hybridized carbons (Fsp3) is 0.455. The van der Waals surface area contributed by atoms with Crippen molar-refractivity contribution in [1.82, 2.24) is 15.0 Å². The predicted octanol–water partition coefficient (Wildman–Crippen LogP) is 1.51. The minimum Gasteiger partial charge on any atom is -0.330 e. The Kier molecular flexibility index (Phi) is 2.68. The van der Waals surface area contributed by atoms with E-state index in [4.69, 9.17) is 5.73 Å². The Morgan fingerprint density at radius 1 is 1.40 bits per heavy atom. The summed E-state index contributed by atoms with van der Waals surface area (Å²) in [5.41, 5.74) is 8.78. The molecular formula is C11H16N4. The zero-order valence-electron chi connectivity index (χ0n) is 9.14. The van der Waals surface area contributed by atoms with Gasteiger partial charge in [0.15, 0.2) is 0 Å². The minimum atomic E-state index is 0.343. The molecule has 0 saturated heterocycles. The zero-order valence-corrected chi connectivity index (χ0v) is 9.14. The van der Waals surface area contributed by atoms with E-state index in [0.717, 1.165) is 17.5 Å². The van der Waals surface area contributed by atoms with Crippen LogP contribution in [0.3, 0.4) is 0 Å². The first kappa shape index (κ1) is 10.1. The van der Waals surface area contributed by atoms with E-state index < -0.39 is 0 Å². The molecule has 0 radical (unpaired) electrons. The Morgan fingerprint density at radius 3 is 2.87 bits per heavy atom. The molecule has 4 heteroatoms. The summed E-state index contributed by atoms with van der Waals surface area (Å²) in [6, 6.07) is 6.57. The van der Waals surface area contributed by atoms with Crippen molar-refractivity contribution < 1.29 is 0 Å². The van der Waals surface area contributed by atoms with E-state index in [2.05, 4.69) is 42.4 Å². The van der Waals surface area contributed by atoms with Crippen LogP contribution in [-0.2, 0) is 6.42 Å². The van der Waals surface area contributed by atoms with E-state index in [0.29, 0.717) is 12.6 Å². The third-order valence-electron chi connectivity index (χ3n) is 2.46. The van der Waals surface area contributed by atoms with Crippen molar-refractivity contribution in [3.63, 3.8) is 0 Å². The summed E-state index contributed by atoms with van der Waals surface area (Å²) in [7, 11) is 0. The number of hydrogen-bond donors (Lipinski definition) is 1. The summed E-state index contributed by atoms with van der Waals surface area (Å²) in [6.07, 6.45) is 0.893. The lowest BCUT2D eigenvalue weighted by Gasteiger charge is -2.05. The Balaban J connectivity index is 2.47. The van der Waals surface area contributed by atoms with Crippen LogP contribution in [-0.4, -0.2) is 21.5 Å². The zero-order chi connectivity index (χ0) is 10.8. The van der Waals surface area contributed by atoms with Gasteiger partial charge in [-0.05, 0) is 44.5 Å². The fourth-order valence-corrected chi connectivity index (χ4v) is 1.69. The van der Waals surface area contributed by atoms with Crippen LogP contribution in [0, 0.1) is 0 Å². The summed E-state index contributed by atoms with van der Waals surface area (Å²) in [6.45, 7) is 4.87. The van der Waals surface area contributed by atoms with Gasteiger partial charge in [-0.3, -0.25) is 0 Å². The minimum absolute atomic E-state index is 0.343. The van der Waals surface area contributed by atoms with E-state index in [1.54, 1.807) is 0 Å². The van der Waals surface area contributed by atoms with Crippen molar-refractivity contribution in [3.8, 4) is 0 Å². The first-order valence-corrected chi connectivity index (χ1v) is 5.26. The summed E-state index contributed by atoms with van der Waals surface area (Å²) in [5, 5.41) is 8.29. The number of benzene rings is 1. The smallest absolute Gasteiger partial charge is 0.113 e. The van der Waals surface area contributed by atoms with Crippen molar-refractivity contribution in [3.05, 3.63) is 23.8 Å². The van der Waals surface area contributed by atoms with Gasteiger partial charge in [-0.2, -0.15) is 0 Å². The van der Waals surface area contributed by atoms with Crippen LogP contribution in [0.5, 0.6) is 0 Å². The highest BCUT2D eigenvalue weighted by molar-refractivity contribution is 5.75. The van der Waals surface area contributed by atoms with Crippen molar-refractivity contribution in [2.45, 2.75) is 26.3 Å². The second kappa shape index (κ2) is 3.98. The number of hydrogen-bond acceptors (Lipinski definition) is 3. The highest BCUT2D eigenvalue weighted by atomic mass is 15.4. The van der Waals surface area contributed by atoms with Crippen LogP contribution in [0.15, 0.2) is 18.2 Å². The van der Waals surface area contributed by atoms with Gasteiger partial charge in [0.1, 0.15) is 5.52 Å². The van der Waals surface area contributed by atoms with Gasteiger partial charge in [0.2, 0.25) is 0 Å². The molecule has 0 fully saturated rings. The fourth-order valence-electron chi connectivity index (χ4n) is 1.69. The molecule has 2 rings (SSSR count). The average Bonchev–Trinajstić information content (AvgIpc) is 2.61. The Bertz CT molecular complexity index is 459. The molecule has 1 aromatic heterocycles. The van der Waals surface area contributed by atoms with Gasteiger partial charge >= 0.3 is 0 Å². The number of aromatic nitrogens is 3. The van der Waals surface area contributed by atoms with Crippen LogP contribution in [0.2, 0.25) is 0 Å². The summed E-state index contributed by atoms with van der Waals surface area (Å²) in [5.74, 6) is 0. The van der Waals surface area contributed by atoms with Crippen LogP contribution in [0.25, 0.3) is 11.0 Å². The van der Waals surface area contributed by atoms with Crippen molar-refractivity contribution >= 4 is 11.0 Å².